The number of fused-ring (bicyclic) bond motifs is 2. The van der Waals surface area contributed by atoms with Crippen LogP contribution in [0.1, 0.15) is 55.9 Å². The second kappa shape index (κ2) is 9.14. The maximum absolute atomic E-state index is 12.9. The fourth-order valence-corrected chi connectivity index (χ4v) is 3.92. The first-order chi connectivity index (χ1) is 15.1. The molecule has 0 unspecified atom stereocenters. The van der Waals surface area contributed by atoms with Gasteiger partial charge in [-0.05, 0) is 55.5 Å². The van der Waals surface area contributed by atoms with Crippen molar-refractivity contribution in [3.8, 4) is 0 Å². The fraction of sp³-hybridized carbons (Fsp3) is 0.292. The van der Waals surface area contributed by atoms with Crippen molar-refractivity contribution >= 4 is 28.6 Å². The highest BCUT2D eigenvalue weighted by Gasteiger charge is 2.35. The summed E-state index contributed by atoms with van der Waals surface area (Å²) in [6.45, 7) is 0.922. The normalized spacial score (nSPS) is 13.1. The Balaban J connectivity index is 1.42. The largest absolute Gasteiger partial charge is 0.396 e. The molecule has 4 rings (SSSR count). The zero-order valence-corrected chi connectivity index (χ0v) is 17.2. The Labute approximate surface area is 180 Å². The quantitative estimate of drug-likeness (QED) is 0.367. The Morgan fingerprint density at radius 3 is 2.65 bits per heavy atom. The summed E-state index contributed by atoms with van der Waals surface area (Å²) in [5.41, 5.74) is 3.04. The van der Waals surface area contributed by atoms with Crippen molar-refractivity contribution in [2.45, 2.75) is 25.7 Å². The van der Waals surface area contributed by atoms with Gasteiger partial charge in [0.2, 0.25) is 0 Å². The van der Waals surface area contributed by atoms with Gasteiger partial charge in [-0.15, -0.1) is 0 Å². The van der Waals surface area contributed by atoms with Crippen molar-refractivity contribution in [2.24, 2.45) is 0 Å². The number of benzene rings is 2. The Bertz CT molecular complexity index is 1130. The van der Waals surface area contributed by atoms with Gasteiger partial charge in [-0.3, -0.25) is 19.3 Å². The van der Waals surface area contributed by atoms with E-state index in [9.17, 15) is 14.4 Å². The lowest BCUT2D eigenvalue weighted by Crippen LogP contribution is -2.31. The second-order valence-electron chi connectivity index (χ2n) is 7.67. The average molecular weight is 419 g/mol. The number of rotatable bonds is 9. The van der Waals surface area contributed by atoms with Gasteiger partial charge in [0.05, 0.1) is 11.1 Å². The Morgan fingerprint density at radius 2 is 1.81 bits per heavy atom. The van der Waals surface area contributed by atoms with Gasteiger partial charge in [-0.25, -0.2) is 0 Å². The van der Waals surface area contributed by atoms with Crippen LogP contribution in [0.15, 0.2) is 48.7 Å². The van der Waals surface area contributed by atoms with Gasteiger partial charge in [0, 0.05) is 42.4 Å². The molecule has 0 spiro atoms. The molecule has 0 aliphatic carbocycles. The predicted octanol–water partition coefficient (Wildman–Crippen LogP) is 2.90. The SMILES string of the molecule is O=C(NCCCCCO)c1ccc2c(c1)C(=O)N(CCc1c[nH]c3ccccc13)C2=O. The molecule has 7 heteroatoms. The maximum atomic E-state index is 12.9. The second-order valence-corrected chi connectivity index (χ2v) is 7.67. The van der Waals surface area contributed by atoms with Crippen LogP contribution >= 0.6 is 0 Å². The minimum Gasteiger partial charge on any atom is -0.396 e. The van der Waals surface area contributed by atoms with E-state index in [0.717, 1.165) is 29.3 Å². The molecule has 3 aromatic rings. The number of nitrogens with one attached hydrogen (secondary N) is 2. The number of carbonyl (C=O) groups is 3. The number of hydrogen-bond acceptors (Lipinski definition) is 4. The van der Waals surface area contributed by atoms with Crippen LogP contribution in [0.5, 0.6) is 0 Å². The third kappa shape index (κ3) is 4.22. The molecule has 31 heavy (non-hydrogen) atoms. The number of unbranched alkanes of at least 4 members (excludes halogenated alkanes) is 2. The van der Waals surface area contributed by atoms with Crippen molar-refractivity contribution in [1.29, 1.82) is 0 Å². The Morgan fingerprint density at radius 1 is 1.00 bits per heavy atom. The van der Waals surface area contributed by atoms with Crippen molar-refractivity contribution in [2.75, 3.05) is 19.7 Å². The summed E-state index contributed by atoms with van der Waals surface area (Å²) in [6.07, 6.45) is 4.78. The number of imide groups is 1. The van der Waals surface area contributed by atoms with Gasteiger partial charge >= 0.3 is 0 Å². The minimum atomic E-state index is -0.363. The van der Waals surface area contributed by atoms with Gasteiger partial charge in [-0.1, -0.05) is 18.2 Å². The molecule has 7 nitrogen and oxygen atoms in total. The Hall–Kier alpha value is -3.45. The summed E-state index contributed by atoms with van der Waals surface area (Å²) in [5.74, 6) is -0.961. The van der Waals surface area contributed by atoms with Crippen LogP contribution in [0.3, 0.4) is 0 Å². The first-order valence-corrected chi connectivity index (χ1v) is 10.5. The summed E-state index contributed by atoms with van der Waals surface area (Å²) >= 11 is 0. The lowest BCUT2D eigenvalue weighted by molar-refractivity contribution is 0.0656. The molecule has 3 N–H and O–H groups in total. The molecule has 1 aliphatic rings. The minimum absolute atomic E-state index is 0.145. The van der Waals surface area contributed by atoms with E-state index in [-0.39, 0.29) is 36.4 Å². The summed E-state index contributed by atoms with van der Waals surface area (Å²) in [4.78, 5) is 42.5. The summed E-state index contributed by atoms with van der Waals surface area (Å²) in [5, 5.41) is 12.7. The zero-order valence-electron chi connectivity index (χ0n) is 17.2. The monoisotopic (exact) mass is 419 g/mol. The molecule has 0 bridgehead atoms. The number of nitrogens with zero attached hydrogens (tertiary/aromatic N) is 1. The smallest absolute Gasteiger partial charge is 0.261 e. The molecule has 0 fully saturated rings. The highest BCUT2D eigenvalue weighted by molar-refractivity contribution is 6.22. The number of aromatic amines is 1. The van der Waals surface area contributed by atoms with Crippen molar-refractivity contribution in [3.63, 3.8) is 0 Å². The number of amides is 3. The van der Waals surface area contributed by atoms with Gasteiger partial charge in [-0.2, -0.15) is 0 Å². The van der Waals surface area contributed by atoms with E-state index in [4.69, 9.17) is 5.11 Å². The number of carbonyl (C=O) groups excluding carboxylic acids is 3. The van der Waals surface area contributed by atoms with Gasteiger partial charge < -0.3 is 15.4 Å². The molecular weight excluding hydrogens is 394 g/mol. The first kappa shape index (κ1) is 20.8. The van der Waals surface area contributed by atoms with Gasteiger partial charge in [0.15, 0.2) is 0 Å². The van der Waals surface area contributed by atoms with E-state index >= 15 is 0 Å². The molecule has 0 saturated heterocycles. The topological polar surface area (TPSA) is 102 Å². The molecule has 160 valence electrons. The van der Waals surface area contributed by atoms with E-state index in [2.05, 4.69) is 10.3 Å². The van der Waals surface area contributed by atoms with Crippen LogP contribution in [0.2, 0.25) is 0 Å². The fourth-order valence-electron chi connectivity index (χ4n) is 3.92. The number of aliphatic hydroxyl groups excluding tert-OH is 1. The van der Waals surface area contributed by atoms with E-state index in [0.29, 0.717) is 30.5 Å². The highest BCUT2D eigenvalue weighted by atomic mass is 16.3. The molecular formula is C24H25N3O4. The molecule has 3 amide bonds. The summed E-state index contributed by atoms with van der Waals surface area (Å²) in [7, 11) is 0. The van der Waals surface area contributed by atoms with E-state index < -0.39 is 0 Å². The van der Waals surface area contributed by atoms with Crippen LogP contribution in [0.4, 0.5) is 0 Å². The van der Waals surface area contributed by atoms with Gasteiger partial charge in [0.1, 0.15) is 0 Å². The highest BCUT2D eigenvalue weighted by Crippen LogP contribution is 2.25. The number of aliphatic hydroxyl groups is 1. The zero-order chi connectivity index (χ0) is 21.8. The molecule has 0 radical (unpaired) electrons. The third-order valence-electron chi connectivity index (χ3n) is 5.63. The van der Waals surface area contributed by atoms with E-state index in [1.54, 1.807) is 12.1 Å². The number of hydrogen-bond donors (Lipinski definition) is 3. The van der Waals surface area contributed by atoms with Crippen molar-refractivity contribution in [3.05, 3.63) is 70.9 Å². The lowest BCUT2D eigenvalue weighted by Gasteiger charge is -2.13. The van der Waals surface area contributed by atoms with Crippen molar-refractivity contribution < 1.29 is 19.5 Å². The van der Waals surface area contributed by atoms with E-state index in [1.807, 2.05) is 30.5 Å². The predicted molar refractivity (Wildman–Crippen MR) is 117 cm³/mol. The summed E-state index contributed by atoms with van der Waals surface area (Å²) < 4.78 is 0. The van der Waals surface area contributed by atoms with Gasteiger partial charge in [0.25, 0.3) is 17.7 Å². The maximum Gasteiger partial charge on any atom is 0.261 e. The Kier molecular flexibility index (Phi) is 6.13. The molecule has 2 heterocycles. The first-order valence-electron chi connectivity index (χ1n) is 10.5. The lowest BCUT2D eigenvalue weighted by atomic mass is 10.1. The van der Waals surface area contributed by atoms with Crippen LogP contribution in [0, 0.1) is 0 Å². The number of aromatic nitrogens is 1. The third-order valence-corrected chi connectivity index (χ3v) is 5.63. The van der Waals surface area contributed by atoms with Crippen molar-refractivity contribution in [1.82, 2.24) is 15.2 Å². The van der Waals surface area contributed by atoms with Crippen LogP contribution < -0.4 is 5.32 Å². The average Bonchev–Trinajstić information content (AvgIpc) is 3.31. The van der Waals surface area contributed by atoms with Crippen LogP contribution in [-0.4, -0.2) is 52.4 Å². The van der Waals surface area contributed by atoms with Crippen LogP contribution in [-0.2, 0) is 6.42 Å². The standard InChI is InChI=1S/C24H25N3O4/c28-13-5-1-4-11-25-22(29)16-8-9-19-20(14-16)24(31)27(23(19)30)12-10-17-15-26-21-7-3-2-6-18(17)21/h2-3,6-9,14-15,26,28H,1,4-5,10-13H2,(H,25,29). The molecule has 2 aromatic carbocycles. The molecule has 1 aromatic heterocycles. The van der Waals surface area contributed by atoms with Crippen LogP contribution in [0.25, 0.3) is 10.9 Å². The number of para-hydroxylation sites is 1. The molecule has 0 saturated carbocycles. The van der Waals surface area contributed by atoms with E-state index in [1.165, 1.54) is 11.0 Å². The molecule has 1 aliphatic heterocycles. The summed E-state index contributed by atoms with van der Waals surface area (Å²) in [6, 6.07) is 12.6. The molecule has 0 atom stereocenters. The number of H-pyrrole nitrogens is 1.